The third-order valence-electron chi connectivity index (χ3n) is 4.39. The number of aryl methyl sites for hydroxylation is 1. The number of ether oxygens (including phenoxy) is 1. The van der Waals surface area contributed by atoms with E-state index in [0.717, 1.165) is 25.4 Å². The fraction of sp³-hybridized carbons (Fsp3) is 0.421. The SMILES string of the molecule is Cc1ccccc1CN1CCCC(COc2ccncc2)C1. The average Bonchev–Trinajstić information content (AvgIpc) is 2.57. The van der Waals surface area contributed by atoms with Crippen LogP contribution in [0.3, 0.4) is 0 Å². The molecule has 0 aliphatic carbocycles. The number of likely N-dealkylation sites (tertiary alicyclic amines) is 1. The Kier molecular flexibility index (Phi) is 5.07. The van der Waals surface area contributed by atoms with Crippen LogP contribution in [0.2, 0.25) is 0 Å². The van der Waals surface area contributed by atoms with Crippen molar-refractivity contribution in [1.29, 1.82) is 0 Å². The number of hydrogen-bond donors (Lipinski definition) is 0. The van der Waals surface area contributed by atoms with Crippen LogP contribution in [0, 0.1) is 12.8 Å². The largest absolute Gasteiger partial charge is 0.493 e. The molecule has 0 amide bonds. The molecule has 0 spiro atoms. The summed E-state index contributed by atoms with van der Waals surface area (Å²) in [6, 6.07) is 12.5. The fourth-order valence-corrected chi connectivity index (χ4v) is 3.11. The van der Waals surface area contributed by atoms with Gasteiger partial charge >= 0.3 is 0 Å². The van der Waals surface area contributed by atoms with Gasteiger partial charge in [0.05, 0.1) is 6.61 Å². The molecule has 0 saturated carbocycles. The van der Waals surface area contributed by atoms with Crippen LogP contribution < -0.4 is 4.74 Å². The molecule has 1 saturated heterocycles. The minimum atomic E-state index is 0.617. The van der Waals surface area contributed by atoms with E-state index in [0.29, 0.717) is 5.92 Å². The van der Waals surface area contributed by atoms with Gasteiger partial charge in [-0.1, -0.05) is 24.3 Å². The van der Waals surface area contributed by atoms with E-state index in [-0.39, 0.29) is 0 Å². The van der Waals surface area contributed by atoms with Gasteiger partial charge in [-0.15, -0.1) is 0 Å². The first kappa shape index (κ1) is 15.0. The van der Waals surface area contributed by atoms with Crippen LogP contribution in [0.4, 0.5) is 0 Å². The lowest BCUT2D eigenvalue weighted by atomic mass is 9.98. The van der Waals surface area contributed by atoms with Gasteiger partial charge in [-0.25, -0.2) is 0 Å². The molecule has 0 N–H and O–H groups in total. The second kappa shape index (κ2) is 7.41. The fourth-order valence-electron chi connectivity index (χ4n) is 3.11. The third kappa shape index (κ3) is 4.08. The second-order valence-electron chi connectivity index (χ2n) is 6.16. The van der Waals surface area contributed by atoms with Gasteiger partial charge in [-0.05, 0) is 49.6 Å². The van der Waals surface area contributed by atoms with E-state index in [9.17, 15) is 0 Å². The van der Waals surface area contributed by atoms with E-state index < -0.39 is 0 Å². The zero-order valence-electron chi connectivity index (χ0n) is 13.2. The minimum Gasteiger partial charge on any atom is -0.493 e. The highest BCUT2D eigenvalue weighted by Gasteiger charge is 2.20. The van der Waals surface area contributed by atoms with Crippen molar-refractivity contribution >= 4 is 0 Å². The molecule has 2 heterocycles. The Morgan fingerprint density at radius 2 is 2.00 bits per heavy atom. The maximum atomic E-state index is 5.90. The molecule has 3 rings (SSSR count). The minimum absolute atomic E-state index is 0.617. The molecular weight excluding hydrogens is 272 g/mol. The zero-order valence-corrected chi connectivity index (χ0v) is 13.2. The molecule has 0 bridgehead atoms. The van der Waals surface area contributed by atoms with Gasteiger partial charge in [-0.3, -0.25) is 9.88 Å². The van der Waals surface area contributed by atoms with Crippen LogP contribution in [0.1, 0.15) is 24.0 Å². The van der Waals surface area contributed by atoms with E-state index in [1.54, 1.807) is 12.4 Å². The third-order valence-corrected chi connectivity index (χ3v) is 4.39. The molecule has 1 aromatic heterocycles. The predicted molar refractivity (Wildman–Crippen MR) is 88.9 cm³/mol. The molecule has 3 nitrogen and oxygen atoms in total. The van der Waals surface area contributed by atoms with Crippen LogP contribution in [0.5, 0.6) is 5.75 Å². The van der Waals surface area contributed by atoms with Crippen molar-refractivity contribution in [2.45, 2.75) is 26.3 Å². The molecule has 1 aliphatic rings. The molecule has 3 heteroatoms. The molecule has 1 fully saturated rings. The summed E-state index contributed by atoms with van der Waals surface area (Å²) in [5.74, 6) is 1.54. The van der Waals surface area contributed by atoms with E-state index in [4.69, 9.17) is 4.74 Å². The van der Waals surface area contributed by atoms with Crippen LogP contribution >= 0.6 is 0 Å². The Balaban J connectivity index is 1.52. The summed E-state index contributed by atoms with van der Waals surface area (Å²) in [5, 5.41) is 0. The molecule has 116 valence electrons. The van der Waals surface area contributed by atoms with Crippen LogP contribution in [0.25, 0.3) is 0 Å². The van der Waals surface area contributed by atoms with Crippen molar-refractivity contribution in [3.05, 3.63) is 59.9 Å². The number of aromatic nitrogens is 1. The summed E-state index contributed by atoms with van der Waals surface area (Å²) in [6.07, 6.45) is 6.08. The topological polar surface area (TPSA) is 25.4 Å². The van der Waals surface area contributed by atoms with Crippen molar-refractivity contribution in [3.8, 4) is 5.75 Å². The molecule has 0 radical (unpaired) electrons. The maximum absolute atomic E-state index is 5.90. The molecule has 1 atom stereocenters. The Hall–Kier alpha value is -1.87. The molecule has 1 unspecified atom stereocenters. The van der Waals surface area contributed by atoms with Gasteiger partial charge < -0.3 is 4.74 Å². The molecule has 1 aliphatic heterocycles. The highest BCUT2D eigenvalue weighted by atomic mass is 16.5. The Labute approximate surface area is 132 Å². The van der Waals surface area contributed by atoms with Crippen LogP contribution in [-0.4, -0.2) is 29.6 Å². The Bertz CT molecular complexity index is 585. The smallest absolute Gasteiger partial charge is 0.122 e. The highest BCUT2D eigenvalue weighted by molar-refractivity contribution is 5.25. The molecule has 22 heavy (non-hydrogen) atoms. The molecule has 1 aromatic carbocycles. The predicted octanol–water partition coefficient (Wildman–Crippen LogP) is 3.68. The van der Waals surface area contributed by atoms with Gasteiger partial charge in [0.2, 0.25) is 0 Å². The number of piperidine rings is 1. The van der Waals surface area contributed by atoms with Gasteiger partial charge in [0.1, 0.15) is 5.75 Å². The number of benzene rings is 1. The van der Waals surface area contributed by atoms with Gasteiger partial charge in [-0.2, -0.15) is 0 Å². The van der Waals surface area contributed by atoms with Crippen molar-refractivity contribution in [3.63, 3.8) is 0 Å². The lowest BCUT2D eigenvalue weighted by Gasteiger charge is -2.33. The Morgan fingerprint density at radius 1 is 1.18 bits per heavy atom. The number of rotatable bonds is 5. The van der Waals surface area contributed by atoms with Crippen LogP contribution in [0.15, 0.2) is 48.8 Å². The number of hydrogen-bond acceptors (Lipinski definition) is 3. The van der Waals surface area contributed by atoms with Crippen molar-refractivity contribution in [2.24, 2.45) is 5.92 Å². The standard InChI is InChI=1S/C19H24N2O/c1-16-5-2-3-7-18(16)14-21-12-4-6-17(13-21)15-22-19-8-10-20-11-9-19/h2-3,5,7-11,17H,4,6,12-15H2,1H3. The summed E-state index contributed by atoms with van der Waals surface area (Å²) in [5.41, 5.74) is 2.83. The summed E-state index contributed by atoms with van der Waals surface area (Å²) in [7, 11) is 0. The first-order chi connectivity index (χ1) is 10.8. The van der Waals surface area contributed by atoms with Crippen molar-refractivity contribution in [2.75, 3.05) is 19.7 Å². The van der Waals surface area contributed by atoms with E-state index in [1.807, 2.05) is 12.1 Å². The highest BCUT2D eigenvalue weighted by Crippen LogP contribution is 2.21. The average molecular weight is 296 g/mol. The van der Waals surface area contributed by atoms with Gasteiger partial charge in [0, 0.05) is 31.4 Å². The summed E-state index contributed by atoms with van der Waals surface area (Å²) >= 11 is 0. The van der Waals surface area contributed by atoms with Crippen LogP contribution in [-0.2, 0) is 6.54 Å². The van der Waals surface area contributed by atoms with Gasteiger partial charge in [0.25, 0.3) is 0 Å². The Morgan fingerprint density at radius 3 is 2.82 bits per heavy atom. The zero-order chi connectivity index (χ0) is 15.2. The number of nitrogens with zero attached hydrogens (tertiary/aromatic N) is 2. The first-order valence-electron chi connectivity index (χ1n) is 8.11. The van der Waals surface area contributed by atoms with Crippen molar-refractivity contribution in [1.82, 2.24) is 9.88 Å². The normalized spacial score (nSPS) is 19.0. The quantitative estimate of drug-likeness (QED) is 0.841. The van der Waals surface area contributed by atoms with E-state index >= 15 is 0 Å². The van der Waals surface area contributed by atoms with E-state index in [1.165, 1.54) is 30.5 Å². The first-order valence-corrected chi connectivity index (χ1v) is 8.11. The van der Waals surface area contributed by atoms with E-state index in [2.05, 4.69) is 41.1 Å². The summed E-state index contributed by atoms with van der Waals surface area (Å²) < 4.78 is 5.90. The number of pyridine rings is 1. The lowest BCUT2D eigenvalue weighted by Crippen LogP contribution is -2.37. The maximum Gasteiger partial charge on any atom is 0.122 e. The summed E-state index contributed by atoms with van der Waals surface area (Å²) in [4.78, 5) is 6.58. The van der Waals surface area contributed by atoms with Gasteiger partial charge in [0.15, 0.2) is 0 Å². The summed E-state index contributed by atoms with van der Waals surface area (Å²) in [6.45, 7) is 6.37. The molecule has 2 aromatic rings. The lowest BCUT2D eigenvalue weighted by molar-refractivity contribution is 0.125. The van der Waals surface area contributed by atoms with Crippen molar-refractivity contribution < 1.29 is 4.74 Å². The monoisotopic (exact) mass is 296 g/mol. The molecular formula is C19H24N2O. The second-order valence-corrected chi connectivity index (χ2v) is 6.16.